The molecule has 98 heavy (non-hydrogen) atoms. The van der Waals surface area contributed by atoms with Crippen molar-refractivity contribution >= 4 is 39.5 Å². The molecule has 566 valence electrons. The maximum absolute atomic E-state index is 13.1. The molecule has 0 aromatic rings. The third-order valence-electron chi connectivity index (χ3n) is 16.1. The quantitative estimate of drug-likeness (QED) is 0.0169. The summed E-state index contributed by atoms with van der Waals surface area (Å²) in [7, 11) is -9.97. The lowest BCUT2D eigenvalue weighted by atomic mass is 10.0. The van der Waals surface area contributed by atoms with Gasteiger partial charge >= 0.3 is 39.5 Å². The highest BCUT2D eigenvalue weighted by molar-refractivity contribution is 7.47. The van der Waals surface area contributed by atoms with E-state index in [1.54, 1.807) is 6.08 Å². The van der Waals surface area contributed by atoms with E-state index in [4.69, 9.17) is 37.0 Å². The van der Waals surface area contributed by atoms with Crippen molar-refractivity contribution in [2.24, 2.45) is 0 Å². The van der Waals surface area contributed by atoms with Gasteiger partial charge in [0.15, 0.2) is 12.2 Å². The maximum atomic E-state index is 13.1. The minimum Gasteiger partial charge on any atom is -0.462 e. The summed E-state index contributed by atoms with van der Waals surface area (Å²) >= 11 is 0. The molecule has 0 aliphatic heterocycles. The lowest BCUT2D eigenvalue weighted by molar-refractivity contribution is -0.161. The highest BCUT2D eigenvalue weighted by Crippen LogP contribution is 2.45. The molecular weight excluding hydrogens is 1280 g/mol. The first-order valence-corrected chi connectivity index (χ1v) is 41.5. The Labute approximate surface area is 595 Å². The first-order valence-electron chi connectivity index (χ1n) is 38.5. The predicted octanol–water partition coefficient (Wildman–Crippen LogP) is 22.0. The van der Waals surface area contributed by atoms with Crippen molar-refractivity contribution in [1.29, 1.82) is 0 Å². The summed E-state index contributed by atoms with van der Waals surface area (Å²) in [5, 5.41) is 10.6. The number of ether oxygens (including phenoxy) is 4. The van der Waals surface area contributed by atoms with Crippen molar-refractivity contribution in [3.8, 4) is 0 Å². The van der Waals surface area contributed by atoms with Crippen LogP contribution in [-0.2, 0) is 65.4 Å². The molecule has 0 bridgehead atoms. The van der Waals surface area contributed by atoms with Crippen LogP contribution in [0.15, 0.2) is 97.2 Å². The number of hydrogen-bond donors (Lipinski definition) is 3. The molecule has 0 aliphatic carbocycles. The van der Waals surface area contributed by atoms with Gasteiger partial charge in [0.2, 0.25) is 0 Å². The molecule has 0 amide bonds. The number of carbonyl (C=O) groups is 4. The van der Waals surface area contributed by atoms with Crippen LogP contribution in [0.25, 0.3) is 0 Å². The van der Waals surface area contributed by atoms with Gasteiger partial charge < -0.3 is 33.8 Å². The van der Waals surface area contributed by atoms with Crippen LogP contribution in [0.3, 0.4) is 0 Å². The Morgan fingerprint density at radius 2 is 0.571 bits per heavy atom. The molecule has 17 nitrogen and oxygen atoms in total. The minimum absolute atomic E-state index is 0.0594. The first-order chi connectivity index (χ1) is 47.7. The van der Waals surface area contributed by atoms with Gasteiger partial charge in [-0.15, -0.1) is 0 Å². The van der Waals surface area contributed by atoms with Gasteiger partial charge in [-0.05, 0) is 109 Å². The van der Waals surface area contributed by atoms with E-state index >= 15 is 0 Å². The lowest BCUT2D eigenvalue weighted by Crippen LogP contribution is -2.30. The van der Waals surface area contributed by atoms with Crippen LogP contribution < -0.4 is 0 Å². The topological polar surface area (TPSA) is 237 Å². The Hall–Kier alpha value is -4.02. The van der Waals surface area contributed by atoms with E-state index in [1.807, 2.05) is 18.2 Å². The van der Waals surface area contributed by atoms with Crippen LogP contribution >= 0.6 is 15.6 Å². The number of unbranched alkanes of at least 4 members (excludes halogenated alkanes) is 31. The summed E-state index contributed by atoms with van der Waals surface area (Å²) in [6, 6.07) is 0. The number of aliphatic hydroxyl groups excluding tert-OH is 1. The van der Waals surface area contributed by atoms with Gasteiger partial charge in [-0.1, -0.05) is 285 Å². The van der Waals surface area contributed by atoms with E-state index in [-0.39, 0.29) is 25.7 Å². The van der Waals surface area contributed by atoms with E-state index in [2.05, 4.69) is 101 Å². The Kier molecular flexibility index (Phi) is 68.4. The van der Waals surface area contributed by atoms with Crippen LogP contribution in [0, 0.1) is 0 Å². The van der Waals surface area contributed by atoms with Crippen LogP contribution in [0.1, 0.15) is 323 Å². The average Bonchev–Trinajstić information content (AvgIpc) is 1.04. The van der Waals surface area contributed by atoms with E-state index in [9.17, 15) is 43.2 Å². The molecule has 0 saturated heterocycles. The molecule has 0 heterocycles. The van der Waals surface area contributed by atoms with Crippen LogP contribution in [0.4, 0.5) is 0 Å². The number of aliphatic hydroxyl groups is 1. The summed E-state index contributed by atoms with van der Waals surface area (Å²) in [6.07, 6.45) is 74.2. The molecule has 5 atom stereocenters. The highest BCUT2D eigenvalue weighted by atomic mass is 31.2. The van der Waals surface area contributed by atoms with Gasteiger partial charge in [0.05, 0.1) is 32.8 Å². The third kappa shape index (κ3) is 70.4. The van der Waals surface area contributed by atoms with Gasteiger partial charge in [-0.2, -0.15) is 0 Å². The van der Waals surface area contributed by atoms with Gasteiger partial charge in [0, 0.05) is 19.3 Å². The van der Waals surface area contributed by atoms with E-state index in [1.165, 1.54) is 116 Å². The summed E-state index contributed by atoms with van der Waals surface area (Å²) < 4.78 is 68.3. The number of carbonyl (C=O) groups excluding carboxylic acids is 4. The summed E-state index contributed by atoms with van der Waals surface area (Å²) in [6.45, 7) is 4.61. The van der Waals surface area contributed by atoms with E-state index < -0.39 is 97.5 Å². The van der Waals surface area contributed by atoms with Gasteiger partial charge in [-0.3, -0.25) is 37.3 Å². The van der Waals surface area contributed by atoms with Gasteiger partial charge in [0.25, 0.3) is 0 Å². The molecule has 3 N–H and O–H groups in total. The summed E-state index contributed by atoms with van der Waals surface area (Å²) in [4.78, 5) is 72.8. The highest BCUT2D eigenvalue weighted by Gasteiger charge is 2.30. The number of phosphoric ester groups is 2. The van der Waals surface area contributed by atoms with Crippen molar-refractivity contribution in [2.45, 2.75) is 341 Å². The van der Waals surface area contributed by atoms with Gasteiger partial charge in [0.1, 0.15) is 19.3 Å². The smallest absolute Gasteiger partial charge is 0.462 e. The van der Waals surface area contributed by atoms with Crippen LogP contribution in [-0.4, -0.2) is 96.7 Å². The Balaban J connectivity index is 5.41. The molecule has 0 fully saturated rings. The summed E-state index contributed by atoms with van der Waals surface area (Å²) in [5.41, 5.74) is 0. The number of esters is 4. The zero-order valence-electron chi connectivity index (χ0n) is 61.7. The Morgan fingerprint density at radius 3 is 0.949 bits per heavy atom. The second-order valence-electron chi connectivity index (χ2n) is 25.6. The molecule has 0 spiro atoms. The van der Waals surface area contributed by atoms with E-state index in [0.717, 1.165) is 128 Å². The van der Waals surface area contributed by atoms with Crippen molar-refractivity contribution in [1.82, 2.24) is 0 Å². The predicted molar refractivity (Wildman–Crippen MR) is 399 cm³/mol. The zero-order valence-corrected chi connectivity index (χ0v) is 63.5. The fourth-order valence-electron chi connectivity index (χ4n) is 10.2. The molecular formula is C79H138O17P2. The second kappa shape index (κ2) is 71.4. The van der Waals surface area contributed by atoms with Crippen molar-refractivity contribution in [2.75, 3.05) is 39.6 Å². The Bertz CT molecular complexity index is 2240. The second-order valence-corrected chi connectivity index (χ2v) is 28.5. The number of phosphoric acid groups is 2. The maximum Gasteiger partial charge on any atom is 0.472 e. The monoisotopic (exact) mass is 1420 g/mol. The number of allylic oxidation sites excluding steroid dienone is 15. The molecule has 0 saturated carbocycles. The molecule has 0 aliphatic rings. The number of hydrogen-bond acceptors (Lipinski definition) is 15. The van der Waals surface area contributed by atoms with Crippen molar-refractivity contribution in [3.05, 3.63) is 97.2 Å². The van der Waals surface area contributed by atoms with Crippen LogP contribution in [0.5, 0.6) is 0 Å². The number of rotatable bonds is 72. The minimum atomic E-state index is -5.00. The SMILES string of the molecule is CC/C=C\C/C=C\C/C=C\C/C=C\C/C=C\CC(=O)OCC(COP(=O)(O)OCC(O)COP(=O)(O)OCC(COC(=O)CCCCCCCCCCCCCCCCC)OC(=O)CCCCCCC/C=C\CCCCCC)OC(=O)CCCCCCC/C=C\C/C=C\CCCCC. The largest absolute Gasteiger partial charge is 0.472 e. The van der Waals surface area contributed by atoms with Crippen molar-refractivity contribution in [3.63, 3.8) is 0 Å². The van der Waals surface area contributed by atoms with Crippen LogP contribution in [0.2, 0.25) is 0 Å². The third-order valence-corrected chi connectivity index (χ3v) is 18.0. The van der Waals surface area contributed by atoms with Gasteiger partial charge in [-0.25, -0.2) is 9.13 Å². The average molecular weight is 1420 g/mol. The lowest BCUT2D eigenvalue weighted by Gasteiger charge is -2.21. The molecule has 0 aromatic heterocycles. The molecule has 5 unspecified atom stereocenters. The zero-order chi connectivity index (χ0) is 71.8. The standard InChI is InChI=1S/C79H138O17P2/c1-5-9-13-17-21-25-29-33-36-40-43-47-51-55-59-63-76(81)89-69-74(95-78(83)65-61-57-53-49-45-39-32-28-24-20-16-12-8-4)71-93-97(85,86)91-67-73(80)68-92-98(87,88)94-72-75(96-79(84)66-62-58-54-50-46-42-38-35-31-27-23-19-15-11-7-3)70-90-77(82)64-60-56-52-48-44-41-37-34-30-26-22-18-14-10-6-2/h10,14,22-23,26-28,32,34-35,37-38,44,48,56,60,73-75,80H,5-9,11-13,15-21,24-25,29-31,33,36,39-43,45-47,49-55,57-59,61-72H2,1-4H3,(H,85,86)(H,87,88)/b14-10-,26-22-,27-23-,32-28-,37-34-,38-35-,48-44-,60-56-. The first kappa shape index (κ1) is 94.0. The van der Waals surface area contributed by atoms with Crippen molar-refractivity contribution < 1.29 is 80.2 Å². The fourth-order valence-corrected chi connectivity index (χ4v) is 11.8. The van der Waals surface area contributed by atoms with E-state index in [0.29, 0.717) is 25.7 Å². The fraction of sp³-hybridized carbons (Fsp3) is 0.747. The molecule has 0 radical (unpaired) electrons. The Morgan fingerprint density at radius 1 is 0.306 bits per heavy atom. The summed E-state index contributed by atoms with van der Waals surface area (Å²) in [5.74, 6) is -2.33. The molecule has 19 heteroatoms. The normalized spacial score (nSPS) is 14.5. The molecule has 0 aromatic carbocycles. The molecule has 0 rings (SSSR count).